The van der Waals surface area contributed by atoms with Gasteiger partial charge in [-0.2, -0.15) is 0 Å². The van der Waals surface area contributed by atoms with E-state index in [1.807, 2.05) is 18.2 Å². The van der Waals surface area contributed by atoms with E-state index in [0.29, 0.717) is 18.2 Å². The van der Waals surface area contributed by atoms with Crippen LogP contribution in [0.5, 0.6) is 5.75 Å². The Kier molecular flexibility index (Phi) is 2.73. The summed E-state index contributed by atoms with van der Waals surface area (Å²) < 4.78 is 11.8. The lowest BCUT2D eigenvalue weighted by Crippen LogP contribution is -2.51. The van der Waals surface area contributed by atoms with Crippen LogP contribution in [0.4, 0.5) is 0 Å². The molecule has 0 spiro atoms. The summed E-state index contributed by atoms with van der Waals surface area (Å²) in [6, 6.07) is 9.39. The van der Waals surface area contributed by atoms with Gasteiger partial charge in [0.15, 0.2) is 11.3 Å². The molecule has 0 aliphatic carbocycles. The maximum Gasteiger partial charge on any atom is 0.175 e. The first-order valence-electron chi connectivity index (χ1n) is 7.27. The van der Waals surface area contributed by atoms with Crippen LogP contribution in [0.25, 0.3) is 11.0 Å². The third-order valence-corrected chi connectivity index (χ3v) is 4.41. The number of nitrogens with one attached hydrogen (secondary N) is 1. The molecule has 0 radical (unpaired) electrons. The molecular weight excluding hydrogens is 238 g/mol. The molecule has 2 aliphatic rings. The number of rotatable bonds is 2. The van der Waals surface area contributed by atoms with Crippen molar-refractivity contribution < 1.29 is 9.15 Å². The van der Waals surface area contributed by atoms with Crippen molar-refractivity contribution in [3.63, 3.8) is 0 Å². The summed E-state index contributed by atoms with van der Waals surface area (Å²) in [5.74, 6) is 0.896. The second-order valence-corrected chi connectivity index (χ2v) is 5.80. The smallest absolute Gasteiger partial charge is 0.175 e. The quantitative estimate of drug-likeness (QED) is 0.894. The van der Waals surface area contributed by atoms with Gasteiger partial charge in [-0.1, -0.05) is 18.6 Å². The summed E-state index contributed by atoms with van der Waals surface area (Å²) >= 11 is 0. The second kappa shape index (κ2) is 4.57. The molecule has 0 saturated carbocycles. The van der Waals surface area contributed by atoms with Crippen LogP contribution >= 0.6 is 0 Å². The molecule has 2 aliphatic heterocycles. The Labute approximate surface area is 112 Å². The van der Waals surface area contributed by atoms with Gasteiger partial charge in [-0.3, -0.25) is 0 Å². The average Bonchev–Trinajstić information content (AvgIpc) is 2.88. The van der Waals surface area contributed by atoms with Crippen LogP contribution in [0, 0.1) is 0 Å². The highest BCUT2D eigenvalue weighted by Crippen LogP contribution is 2.32. The van der Waals surface area contributed by atoms with Crippen LogP contribution in [0.15, 0.2) is 34.9 Å². The summed E-state index contributed by atoms with van der Waals surface area (Å²) in [5, 5.41) is 4.81. The molecule has 1 aromatic carbocycles. The molecule has 100 valence electrons. The molecular formula is C16H19NO2. The highest BCUT2D eigenvalue weighted by molar-refractivity contribution is 5.82. The fraction of sp³-hybridized carbons (Fsp3) is 0.500. The van der Waals surface area contributed by atoms with Gasteiger partial charge < -0.3 is 14.5 Å². The van der Waals surface area contributed by atoms with Crippen LogP contribution in [0.2, 0.25) is 0 Å². The lowest BCUT2D eigenvalue weighted by molar-refractivity contribution is 0.0931. The number of fused-ring (bicyclic) bond motifs is 3. The van der Waals surface area contributed by atoms with E-state index in [9.17, 15) is 0 Å². The maximum absolute atomic E-state index is 6.23. The molecule has 2 bridgehead atoms. The molecule has 0 amide bonds. The zero-order chi connectivity index (χ0) is 12.7. The van der Waals surface area contributed by atoms with Gasteiger partial charge in [-0.25, -0.2) is 0 Å². The van der Waals surface area contributed by atoms with Crippen LogP contribution < -0.4 is 10.1 Å². The van der Waals surface area contributed by atoms with E-state index in [2.05, 4.69) is 11.4 Å². The first-order chi connectivity index (χ1) is 9.38. The van der Waals surface area contributed by atoms with Crippen molar-refractivity contribution in [2.24, 2.45) is 0 Å². The predicted molar refractivity (Wildman–Crippen MR) is 74.4 cm³/mol. The number of benzene rings is 1. The monoisotopic (exact) mass is 257 g/mol. The van der Waals surface area contributed by atoms with E-state index in [0.717, 1.165) is 29.6 Å². The molecule has 2 aromatic rings. The molecule has 2 unspecified atom stereocenters. The Bertz CT molecular complexity index is 565. The van der Waals surface area contributed by atoms with Gasteiger partial charge in [0.1, 0.15) is 6.10 Å². The Hall–Kier alpha value is -1.48. The molecule has 2 saturated heterocycles. The van der Waals surface area contributed by atoms with Gasteiger partial charge in [0.25, 0.3) is 0 Å². The molecule has 3 heteroatoms. The molecule has 3 heterocycles. The molecule has 4 rings (SSSR count). The lowest BCUT2D eigenvalue weighted by atomic mass is 9.85. The molecule has 1 N–H and O–H groups in total. The van der Waals surface area contributed by atoms with E-state index in [-0.39, 0.29) is 0 Å². The minimum atomic E-state index is 0.326. The van der Waals surface area contributed by atoms with Crippen LogP contribution in [-0.2, 0) is 0 Å². The van der Waals surface area contributed by atoms with Crippen molar-refractivity contribution >= 4 is 11.0 Å². The SMILES string of the molecule is c1cc(OC2CC3CCCC(C2)N3)c2occc2c1. The second-order valence-electron chi connectivity index (χ2n) is 5.80. The number of hydrogen-bond acceptors (Lipinski definition) is 3. The van der Waals surface area contributed by atoms with Gasteiger partial charge in [-0.05, 0) is 37.8 Å². The number of para-hydroxylation sites is 1. The van der Waals surface area contributed by atoms with Crippen molar-refractivity contribution in [3.8, 4) is 5.75 Å². The third kappa shape index (κ3) is 2.12. The molecule has 2 atom stereocenters. The average molecular weight is 257 g/mol. The lowest BCUT2D eigenvalue weighted by Gasteiger charge is -2.40. The minimum Gasteiger partial charge on any atom is -0.486 e. The fourth-order valence-electron chi connectivity index (χ4n) is 3.55. The predicted octanol–water partition coefficient (Wildman–Crippen LogP) is 3.48. The Balaban J connectivity index is 1.56. The number of hydrogen-bond donors (Lipinski definition) is 1. The summed E-state index contributed by atoms with van der Waals surface area (Å²) in [6.45, 7) is 0. The van der Waals surface area contributed by atoms with Crippen LogP contribution in [0.3, 0.4) is 0 Å². The van der Waals surface area contributed by atoms with Gasteiger partial charge in [0.05, 0.1) is 6.26 Å². The van der Waals surface area contributed by atoms with Crippen molar-refractivity contribution in [3.05, 3.63) is 30.5 Å². The standard InChI is InChI=1S/C16H19NO2/c1-3-11-7-8-18-16(11)15(6-1)19-14-9-12-4-2-5-13(10-14)17-12/h1,3,6-8,12-14,17H,2,4-5,9-10H2. The van der Waals surface area contributed by atoms with E-state index in [1.165, 1.54) is 19.3 Å². The maximum atomic E-state index is 6.23. The van der Waals surface area contributed by atoms with Crippen molar-refractivity contribution in [2.75, 3.05) is 0 Å². The topological polar surface area (TPSA) is 34.4 Å². The number of furan rings is 1. The minimum absolute atomic E-state index is 0.326. The molecule has 1 aromatic heterocycles. The summed E-state index contributed by atoms with van der Waals surface area (Å²) in [7, 11) is 0. The van der Waals surface area contributed by atoms with E-state index in [4.69, 9.17) is 9.15 Å². The Morgan fingerprint density at radius 1 is 1.11 bits per heavy atom. The highest BCUT2D eigenvalue weighted by atomic mass is 16.5. The summed E-state index contributed by atoms with van der Waals surface area (Å²) in [4.78, 5) is 0. The zero-order valence-electron chi connectivity index (χ0n) is 11.0. The number of ether oxygens (including phenoxy) is 1. The first-order valence-corrected chi connectivity index (χ1v) is 7.27. The third-order valence-electron chi connectivity index (χ3n) is 4.41. The van der Waals surface area contributed by atoms with Gasteiger partial charge in [-0.15, -0.1) is 0 Å². The molecule has 2 fully saturated rings. The Morgan fingerprint density at radius 3 is 2.79 bits per heavy atom. The van der Waals surface area contributed by atoms with E-state index >= 15 is 0 Å². The van der Waals surface area contributed by atoms with Gasteiger partial charge in [0, 0.05) is 17.5 Å². The highest BCUT2D eigenvalue weighted by Gasteiger charge is 2.32. The van der Waals surface area contributed by atoms with Gasteiger partial charge in [0.2, 0.25) is 0 Å². The molecule has 3 nitrogen and oxygen atoms in total. The fourth-order valence-corrected chi connectivity index (χ4v) is 3.55. The largest absolute Gasteiger partial charge is 0.486 e. The summed E-state index contributed by atoms with van der Waals surface area (Å²) in [6.07, 6.45) is 8.24. The van der Waals surface area contributed by atoms with Crippen molar-refractivity contribution in [1.82, 2.24) is 5.32 Å². The number of piperidine rings is 2. The van der Waals surface area contributed by atoms with Crippen LogP contribution in [-0.4, -0.2) is 18.2 Å². The van der Waals surface area contributed by atoms with Gasteiger partial charge >= 0.3 is 0 Å². The zero-order valence-corrected chi connectivity index (χ0v) is 11.0. The Morgan fingerprint density at radius 2 is 1.95 bits per heavy atom. The first kappa shape index (κ1) is 11.4. The van der Waals surface area contributed by atoms with Crippen molar-refractivity contribution in [1.29, 1.82) is 0 Å². The van der Waals surface area contributed by atoms with E-state index in [1.54, 1.807) is 6.26 Å². The van der Waals surface area contributed by atoms with E-state index < -0.39 is 0 Å². The normalized spacial score (nSPS) is 30.4. The summed E-state index contributed by atoms with van der Waals surface area (Å²) in [5.41, 5.74) is 0.881. The molecule has 19 heavy (non-hydrogen) atoms. The van der Waals surface area contributed by atoms with Crippen LogP contribution in [0.1, 0.15) is 32.1 Å². The van der Waals surface area contributed by atoms with Crippen molar-refractivity contribution in [2.45, 2.75) is 50.3 Å².